The lowest BCUT2D eigenvalue weighted by Crippen LogP contribution is -2.31. The third-order valence-corrected chi connectivity index (χ3v) is 2.21. The summed E-state index contributed by atoms with van der Waals surface area (Å²) in [6.45, 7) is 4.66. The maximum atomic E-state index is 9.63. The molecular weight excluding hydrogens is 150 g/mol. The van der Waals surface area contributed by atoms with Gasteiger partial charge in [-0.3, -0.25) is 0 Å². The van der Waals surface area contributed by atoms with Crippen LogP contribution in [0.3, 0.4) is 0 Å². The molecule has 0 fully saturated rings. The van der Waals surface area contributed by atoms with Gasteiger partial charge in [0.1, 0.15) is 0 Å². The van der Waals surface area contributed by atoms with E-state index in [9.17, 15) is 5.11 Å². The number of aliphatic hydroxyl groups is 1. The number of aliphatic hydroxyl groups excluding tert-OH is 1. The highest BCUT2D eigenvalue weighted by Gasteiger charge is 2.19. The van der Waals surface area contributed by atoms with Crippen LogP contribution >= 0.6 is 0 Å². The van der Waals surface area contributed by atoms with Crippen molar-refractivity contribution in [3.05, 3.63) is 0 Å². The molecule has 0 spiro atoms. The van der Waals surface area contributed by atoms with Gasteiger partial charge in [-0.05, 0) is 24.8 Å². The van der Waals surface area contributed by atoms with Gasteiger partial charge < -0.3 is 10.8 Å². The summed E-state index contributed by atoms with van der Waals surface area (Å²) in [6.07, 6.45) is 6.05. The van der Waals surface area contributed by atoms with Crippen molar-refractivity contribution in [2.75, 3.05) is 6.54 Å². The first-order valence-electron chi connectivity index (χ1n) is 4.45. The highest BCUT2D eigenvalue weighted by Crippen LogP contribution is 2.17. The van der Waals surface area contributed by atoms with E-state index in [0.29, 0.717) is 25.3 Å². The van der Waals surface area contributed by atoms with Crippen LogP contribution in [0.2, 0.25) is 0 Å². The van der Waals surface area contributed by atoms with Crippen LogP contribution in [-0.4, -0.2) is 17.8 Å². The molecule has 70 valence electrons. The van der Waals surface area contributed by atoms with Crippen molar-refractivity contribution < 1.29 is 5.11 Å². The minimum absolute atomic E-state index is 0.179. The van der Waals surface area contributed by atoms with Crippen LogP contribution in [0.15, 0.2) is 0 Å². The highest BCUT2D eigenvalue weighted by atomic mass is 16.3. The Kier molecular flexibility index (Phi) is 5.79. The average molecular weight is 169 g/mol. The highest BCUT2D eigenvalue weighted by molar-refractivity contribution is 4.86. The van der Waals surface area contributed by atoms with E-state index in [2.05, 4.69) is 19.8 Å². The van der Waals surface area contributed by atoms with E-state index in [1.54, 1.807) is 0 Å². The summed E-state index contributed by atoms with van der Waals surface area (Å²) in [7, 11) is 0. The second-order valence-corrected chi connectivity index (χ2v) is 3.45. The van der Waals surface area contributed by atoms with E-state index in [-0.39, 0.29) is 12.0 Å². The van der Waals surface area contributed by atoms with Gasteiger partial charge in [-0.1, -0.05) is 13.8 Å². The van der Waals surface area contributed by atoms with Crippen LogP contribution in [0.4, 0.5) is 0 Å². The zero-order valence-corrected chi connectivity index (χ0v) is 7.96. The van der Waals surface area contributed by atoms with Crippen molar-refractivity contribution in [3.8, 4) is 12.3 Å². The fraction of sp³-hybridized carbons (Fsp3) is 0.800. The molecule has 2 heteroatoms. The first-order chi connectivity index (χ1) is 5.63. The third kappa shape index (κ3) is 3.75. The number of rotatable bonds is 5. The van der Waals surface area contributed by atoms with Gasteiger partial charge in [0.15, 0.2) is 0 Å². The first kappa shape index (κ1) is 11.5. The van der Waals surface area contributed by atoms with Gasteiger partial charge in [-0.2, -0.15) is 0 Å². The van der Waals surface area contributed by atoms with Crippen molar-refractivity contribution in [1.29, 1.82) is 0 Å². The smallest absolute Gasteiger partial charge is 0.0592 e. The minimum atomic E-state index is -0.342. The predicted molar refractivity (Wildman–Crippen MR) is 51.5 cm³/mol. The van der Waals surface area contributed by atoms with Crippen molar-refractivity contribution >= 4 is 0 Å². The summed E-state index contributed by atoms with van der Waals surface area (Å²) in [5.74, 6) is 3.11. The van der Waals surface area contributed by atoms with Crippen molar-refractivity contribution in [3.63, 3.8) is 0 Å². The Morgan fingerprint density at radius 2 is 2.08 bits per heavy atom. The van der Waals surface area contributed by atoms with Crippen LogP contribution in [0, 0.1) is 24.2 Å². The largest absolute Gasteiger partial charge is 0.393 e. The lowest BCUT2D eigenvalue weighted by Gasteiger charge is -2.24. The standard InChI is InChI=1S/C10H19NO/c1-4-5-6-10(12)9(7-11)8(2)3/h1,8-10,12H,5-7,11H2,2-3H3. The van der Waals surface area contributed by atoms with Crippen molar-refractivity contribution in [2.45, 2.75) is 32.8 Å². The molecule has 0 rings (SSSR count). The molecule has 2 unspecified atom stereocenters. The molecule has 2 atom stereocenters. The SMILES string of the molecule is C#CCCC(O)C(CN)C(C)C. The lowest BCUT2D eigenvalue weighted by molar-refractivity contribution is 0.0797. The normalized spacial score (nSPS) is 15.7. The number of hydrogen-bond acceptors (Lipinski definition) is 2. The summed E-state index contributed by atoms with van der Waals surface area (Å²) in [5, 5.41) is 9.63. The molecule has 0 saturated heterocycles. The van der Waals surface area contributed by atoms with E-state index in [1.165, 1.54) is 0 Å². The summed E-state index contributed by atoms with van der Waals surface area (Å²) in [4.78, 5) is 0. The summed E-state index contributed by atoms with van der Waals surface area (Å²) in [6, 6.07) is 0. The molecule has 0 aromatic heterocycles. The van der Waals surface area contributed by atoms with Gasteiger partial charge in [-0.15, -0.1) is 12.3 Å². The van der Waals surface area contributed by atoms with Crippen LogP contribution in [0.1, 0.15) is 26.7 Å². The molecule has 0 aromatic rings. The quantitative estimate of drug-likeness (QED) is 0.603. The van der Waals surface area contributed by atoms with Crippen LogP contribution in [0.5, 0.6) is 0 Å². The molecule has 0 aliphatic rings. The van der Waals surface area contributed by atoms with Gasteiger partial charge in [0.05, 0.1) is 6.10 Å². The molecule has 0 saturated carbocycles. The van der Waals surface area contributed by atoms with Gasteiger partial charge in [0.25, 0.3) is 0 Å². The monoisotopic (exact) mass is 169 g/mol. The molecular formula is C10H19NO. The van der Waals surface area contributed by atoms with Gasteiger partial charge in [0, 0.05) is 6.42 Å². The van der Waals surface area contributed by atoms with Gasteiger partial charge in [0.2, 0.25) is 0 Å². The Morgan fingerprint density at radius 3 is 2.42 bits per heavy atom. The maximum absolute atomic E-state index is 9.63. The second kappa shape index (κ2) is 6.05. The Morgan fingerprint density at radius 1 is 1.50 bits per heavy atom. The fourth-order valence-electron chi connectivity index (χ4n) is 1.32. The zero-order valence-electron chi connectivity index (χ0n) is 7.96. The molecule has 0 radical (unpaired) electrons. The summed E-state index contributed by atoms with van der Waals surface area (Å²) in [5.41, 5.74) is 5.53. The molecule has 0 bridgehead atoms. The molecule has 12 heavy (non-hydrogen) atoms. The zero-order chi connectivity index (χ0) is 9.56. The van der Waals surface area contributed by atoms with E-state index in [4.69, 9.17) is 12.2 Å². The van der Waals surface area contributed by atoms with Crippen LogP contribution in [-0.2, 0) is 0 Å². The molecule has 2 nitrogen and oxygen atoms in total. The first-order valence-corrected chi connectivity index (χ1v) is 4.45. The van der Waals surface area contributed by atoms with Crippen molar-refractivity contribution in [2.24, 2.45) is 17.6 Å². The maximum Gasteiger partial charge on any atom is 0.0592 e. The molecule has 0 amide bonds. The topological polar surface area (TPSA) is 46.2 Å². The van der Waals surface area contributed by atoms with E-state index in [0.717, 1.165) is 0 Å². The Labute approximate surface area is 75.2 Å². The van der Waals surface area contributed by atoms with E-state index < -0.39 is 0 Å². The Balaban J connectivity index is 3.87. The third-order valence-electron chi connectivity index (χ3n) is 2.21. The average Bonchev–Trinajstić information content (AvgIpc) is 2.01. The summed E-state index contributed by atoms with van der Waals surface area (Å²) < 4.78 is 0. The van der Waals surface area contributed by atoms with Crippen LogP contribution < -0.4 is 5.73 Å². The number of hydrogen-bond donors (Lipinski definition) is 2. The number of terminal acetylenes is 1. The van der Waals surface area contributed by atoms with Gasteiger partial charge in [-0.25, -0.2) is 0 Å². The minimum Gasteiger partial charge on any atom is -0.393 e. The molecule has 0 heterocycles. The van der Waals surface area contributed by atoms with Crippen molar-refractivity contribution in [1.82, 2.24) is 0 Å². The Bertz CT molecular complexity index is 148. The molecule has 0 aromatic carbocycles. The predicted octanol–water partition coefficient (Wildman–Crippen LogP) is 0.992. The molecule has 0 aliphatic heterocycles. The second-order valence-electron chi connectivity index (χ2n) is 3.45. The molecule has 3 N–H and O–H groups in total. The van der Waals surface area contributed by atoms with Gasteiger partial charge >= 0.3 is 0 Å². The molecule has 0 aliphatic carbocycles. The lowest BCUT2D eigenvalue weighted by atomic mass is 9.88. The van der Waals surface area contributed by atoms with E-state index in [1.807, 2.05) is 0 Å². The fourth-order valence-corrected chi connectivity index (χ4v) is 1.32. The van der Waals surface area contributed by atoms with E-state index >= 15 is 0 Å². The summed E-state index contributed by atoms with van der Waals surface area (Å²) >= 11 is 0. The Hall–Kier alpha value is -0.520. The van der Waals surface area contributed by atoms with Crippen LogP contribution in [0.25, 0.3) is 0 Å². The number of nitrogens with two attached hydrogens (primary N) is 1.